The molecule has 2 bridgehead atoms. The summed E-state index contributed by atoms with van der Waals surface area (Å²) in [6, 6.07) is 1.44. The fraction of sp³-hybridized carbons (Fsp3) is 0.917. The van der Waals surface area contributed by atoms with Crippen LogP contribution < -0.4 is 10.6 Å². The number of hydrogen-bond donors (Lipinski definition) is 2. The third-order valence-corrected chi connectivity index (χ3v) is 4.16. The first-order chi connectivity index (χ1) is 7.31. The number of amides is 1. The summed E-state index contributed by atoms with van der Waals surface area (Å²) in [6.45, 7) is 0.902. The lowest BCUT2D eigenvalue weighted by Crippen LogP contribution is -2.35. The molecule has 3 nitrogen and oxygen atoms in total. The topological polar surface area (TPSA) is 41.1 Å². The van der Waals surface area contributed by atoms with Crippen molar-refractivity contribution in [2.75, 3.05) is 6.54 Å². The van der Waals surface area contributed by atoms with Crippen LogP contribution in [0.4, 0.5) is 0 Å². The maximum absolute atomic E-state index is 11.5. The van der Waals surface area contributed by atoms with Crippen LogP contribution in [0, 0.1) is 11.8 Å². The zero-order chi connectivity index (χ0) is 10.3. The Kier molecular flexibility index (Phi) is 2.43. The highest BCUT2D eigenvalue weighted by atomic mass is 16.1. The van der Waals surface area contributed by atoms with Gasteiger partial charge in [0.05, 0.1) is 0 Å². The molecule has 3 unspecified atom stereocenters. The summed E-state index contributed by atoms with van der Waals surface area (Å²) >= 11 is 0. The van der Waals surface area contributed by atoms with Gasteiger partial charge in [-0.1, -0.05) is 0 Å². The quantitative estimate of drug-likeness (QED) is 0.725. The second kappa shape index (κ2) is 3.78. The number of carbonyl (C=O) groups excluding carboxylic acids is 1. The van der Waals surface area contributed by atoms with Crippen molar-refractivity contribution < 1.29 is 4.79 Å². The molecule has 1 amide bonds. The van der Waals surface area contributed by atoms with Gasteiger partial charge in [-0.2, -0.15) is 0 Å². The molecule has 0 radical (unpaired) electrons. The second-order valence-corrected chi connectivity index (χ2v) is 5.49. The van der Waals surface area contributed by atoms with Gasteiger partial charge in [-0.15, -0.1) is 0 Å². The van der Waals surface area contributed by atoms with Crippen molar-refractivity contribution in [1.29, 1.82) is 0 Å². The third kappa shape index (κ3) is 2.17. The van der Waals surface area contributed by atoms with Crippen molar-refractivity contribution in [1.82, 2.24) is 10.6 Å². The first-order valence-electron chi connectivity index (χ1n) is 6.34. The molecule has 15 heavy (non-hydrogen) atoms. The molecule has 3 rings (SSSR count). The van der Waals surface area contributed by atoms with Gasteiger partial charge < -0.3 is 10.6 Å². The van der Waals surface area contributed by atoms with E-state index in [4.69, 9.17) is 0 Å². The van der Waals surface area contributed by atoms with Crippen LogP contribution in [0.3, 0.4) is 0 Å². The summed E-state index contributed by atoms with van der Waals surface area (Å²) in [6.07, 6.45) is 7.24. The van der Waals surface area contributed by atoms with E-state index in [1.165, 1.54) is 32.1 Å². The summed E-state index contributed by atoms with van der Waals surface area (Å²) in [4.78, 5) is 11.5. The molecular weight excluding hydrogens is 188 g/mol. The lowest BCUT2D eigenvalue weighted by atomic mass is 9.89. The minimum Gasteiger partial charge on any atom is -0.356 e. The second-order valence-electron chi connectivity index (χ2n) is 5.49. The molecule has 3 heteroatoms. The van der Waals surface area contributed by atoms with E-state index in [-0.39, 0.29) is 5.91 Å². The van der Waals surface area contributed by atoms with E-state index in [1.54, 1.807) is 0 Å². The van der Waals surface area contributed by atoms with Gasteiger partial charge in [-0.25, -0.2) is 0 Å². The Hall–Kier alpha value is -0.570. The van der Waals surface area contributed by atoms with Crippen molar-refractivity contribution in [3.05, 3.63) is 0 Å². The highest BCUT2D eigenvalue weighted by Crippen LogP contribution is 2.33. The molecule has 1 saturated carbocycles. The summed E-state index contributed by atoms with van der Waals surface area (Å²) in [5, 5.41) is 6.71. The molecule has 1 aliphatic carbocycles. The maximum atomic E-state index is 11.5. The first kappa shape index (κ1) is 9.64. The molecule has 3 fully saturated rings. The number of rotatable bonds is 4. The van der Waals surface area contributed by atoms with Crippen molar-refractivity contribution in [3.8, 4) is 0 Å². The molecule has 2 heterocycles. The van der Waals surface area contributed by atoms with E-state index >= 15 is 0 Å². The van der Waals surface area contributed by atoms with Crippen LogP contribution >= 0.6 is 0 Å². The Morgan fingerprint density at radius 1 is 1.27 bits per heavy atom. The highest BCUT2D eigenvalue weighted by Gasteiger charge is 2.38. The smallest absolute Gasteiger partial charge is 0.220 e. The van der Waals surface area contributed by atoms with E-state index in [1.807, 2.05) is 0 Å². The highest BCUT2D eigenvalue weighted by molar-refractivity contribution is 5.76. The van der Waals surface area contributed by atoms with Gasteiger partial charge >= 0.3 is 0 Å². The normalized spacial score (nSPS) is 38.3. The van der Waals surface area contributed by atoms with E-state index in [0.717, 1.165) is 19.0 Å². The average Bonchev–Trinajstić information content (AvgIpc) is 2.80. The minimum atomic E-state index is 0.278. The first-order valence-corrected chi connectivity index (χ1v) is 6.34. The number of fused-ring (bicyclic) bond motifs is 2. The van der Waals surface area contributed by atoms with Gasteiger partial charge in [0.2, 0.25) is 5.91 Å². The van der Waals surface area contributed by atoms with Crippen LogP contribution in [0.25, 0.3) is 0 Å². The van der Waals surface area contributed by atoms with E-state index < -0.39 is 0 Å². The molecule has 3 atom stereocenters. The van der Waals surface area contributed by atoms with Gasteiger partial charge in [0.15, 0.2) is 0 Å². The molecule has 2 N–H and O–H groups in total. The average molecular weight is 208 g/mol. The fourth-order valence-corrected chi connectivity index (χ4v) is 3.06. The van der Waals surface area contributed by atoms with Crippen molar-refractivity contribution in [3.63, 3.8) is 0 Å². The molecule has 0 aromatic rings. The molecule has 2 aliphatic heterocycles. The summed E-state index contributed by atoms with van der Waals surface area (Å²) < 4.78 is 0. The molecule has 0 aromatic heterocycles. The molecule has 0 aromatic carbocycles. The Bertz CT molecular complexity index is 262. The van der Waals surface area contributed by atoms with E-state index in [9.17, 15) is 4.79 Å². The Morgan fingerprint density at radius 2 is 2.13 bits per heavy atom. The predicted octanol–water partition coefficient (Wildman–Crippen LogP) is 1.04. The van der Waals surface area contributed by atoms with Crippen molar-refractivity contribution in [2.24, 2.45) is 11.8 Å². The van der Waals surface area contributed by atoms with E-state index in [0.29, 0.717) is 17.9 Å². The predicted molar refractivity (Wildman–Crippen MR) is 58.4 cm³/mol. The zero-order valence-corrected chi connectivity index (χ0v) is 9.17. The summed E-state index contributed by atoms with van der Waals surface area (Å²) in [5.74, 6) is 1.69. The Labute approximate surface area is 91.0 Å². The van der Waals surface area contributed by atoms with Gasteiger partial charge in [0.25, 0.3) is 0 Å². The minimum absolute atomic E-state index is 0.278. The Balaban J connectivity index is 1.40. The molecular formula is C12H20N2O. The van der Waals surface area contributed by atoms with Crippen molar-refractivity contribution >= 4 is 5.91 Å². The zero-order valence-electron chi connectivity index (χ0n) is 9.17. The third-order valence-electron chi connectivity index (χ3n) is 4.16. The Morgan fingerprint density at radius 3 is 2.73 bits per heavy atom. The largest absolute Gasteiger partial charge is 0.356 e. The van der Waals surface area contributed by atoms with Crippen molar-refractivity contribution in [2.45, 2.75) is 50.6 Å². The lowest BCUT2D eigenvalue weighted by molar-refractivity contribution is -0.121. The van der Waals surface area contributed by atoms with Gasteiger partial charge in [0.1, 0.15) is 0 Å². The van der Waals surface area contributed by atoms with Gasteiger partial charge in [-0.3, -0.25) is 4.79 Å². The summed E-state index contributed by atoms with van der Waals surface area (Å²) in [7, 11) is 0. The molecule has 0 spiro atoms. The SMILES string of the molecule is O=C(CC1CC1)NCC1CC2CCC1N2. The van der Waals surface area contributed by atoms with Crippen LogP contribution in [-0.2, 0) is 4.79 Å². The monoisotopic (exact) mass is 208 g/mol. The maximum Gasteiger partial charge on any atom is 0.220 e. The number of carbonyl (C=O) groups is 1. The fourth-order valence-electron chi connectivity index (χ4n) is 3.06. The van der Waals surface area contributed by atoms with E-state index in [2.05, 4.69) is 10.6 Å². The van der Waals surface area contributed by atoms with Crippen LogP contribution in [0.5, 0.6) is 0 Å². The van der Waals surface area contributed by atoms with Gasteiger partial charge in [0, 0.05) is 25.0 Å². The van der Waals surface area contributed by atoms with Crippen LogP contribution in [-0.4, -0.2) is 24.5 Å². The van der Waals surface area contributed by atoms with Crippen LogP contribution in [0.1, 0.15) is 38.5 Å². The lowest BCUT2D eigenvalue weighted by Gasteiger charge is -2.20. The number of hydrogen-bond acceptors (Lipinski definition) is 2. The molecule has 2 saturated heterocycles. The number of nitrogens with one attached hydrogen (secondary N) is 2. The van der Waals surface area contributed by atoms with Crippen LogP contribution in [0.2, 0.25) is 0 Å². The van der Waals surface area contributed by atoms with Gasteiger partial charge in [-0.05, 0) is 43.9 Å². The molecule has 84 valence electrons. The molecule has 3 aliphatic rings. The standard InChI is InChI=1S/C12H20N2O/c15-12(5-8-1-2-8)13-7-9-6-10-3-4-11(9)14-10/h8-11,14H,1-7H2,(H,13,15). The van der Waals surface area contributed by atoms with Crippen LogP contribution in [0.15, 0.2) is 0 Å². The summed E-state index contributed by atoms with van der Waals surface area (Å²) in [5.41, 5.74) is 0.